The van der Waals surface area contributed by atoms with Crippen LogP contribution in [0.4, 0.5) is 5.69 Å². The molecule has 1 aromatic carbocycles. The Kier molecular flexibility index (Phi) is 5.24. The van der Waals surface area contributed by atoms with Gasteiger partial charge in [0.1, 0.15) is 4.60 Å². The fraction of sp³-hybridized carbons (Fsp3) is 0.267. The summed E-state index contributed by atoms with van der Waals surface area (Å²) in [6, 6.07) is 11.6. The highest BCUT2D eigenvalue weighted by atomic mass is 79.9. The number of aromatic nitrogens is 1. The van der Waals surface area contributed by atoms with Gasteiger partial charge in [-0.25, -0.2) is 4.98 Å². The second kappa shape index (κ2) is 7.14. The summed E-state index contributed by atoms with van der Waals surface area (Å²) in [4.78, 5) is 4.38. The van der Waals surface area contributed by atoms with Gasteiger partial charge < -0.3 is 14.8 Å². The molecular weight excluding hydrogens is 320 g/mol. The molecule has 1 heterocycles. The smallest absolute Gasteiger partial charge is 0.162 e. The van der Waals surface area contributed by atoms with Crippen LogP contribution in [-0.4, -0.2) is 18.7 Å². The van der Waals surface area contributed by atoms with E-state index in [9.17, 15) is 0 Å². The zero-order chi connectivity index (χ0) is 14.4. The minimum Gasteiger partial charge on any atom is -0.493 e. The fourth-order valence-corrected chi connectivity index (χ4v) is 2.17. The maximum atomic E-state index is 5.49. The van der Waals surface area contributed by atoms with Gasteiger partial charge in [0.05, 0.1) is 26.0 Å². The molecule has 0 unspecified atom stereocenters. The molecule has 2 rings (SSSR count). The Hall–Kier alpha value is -1.75. The fourth-order valence-electron chi connectivity index (χ4n) is 1.79. The van der Waals surface area contributed by atoms with Crippen LogP contribution in [0.3, 0.4) is 0 Å². The Morgan fingerprint density at radius 3 is 2.75 bits per heavy atom. The van der Waals surface area contributed by atoms with Crippen LogP contribution in [-0.2, 0) is 6.54 Å². The monoisotopic (exact) mass is 336 g/mol. The predicted molar refractivity (Wildman–Crippen MR) is 83.4 cm³/mol. The molecule has 0 bridgehead atoms. The molecule has 5 heteroatoms. The summed E-state index contributed by atoms with van der Waals surface area (Å²) < 4.78 is 11.6. The SMILES string of the molecule is CCOc1ccc(NCc2cccc(Br)n2)cc1OC. The molecule has 0 fully saturated rings. The van der Waals surface area contributed by atoms with Crippen molar-refractivity contribution in [2.45, 2.75) is 13.5 Å². The number of rotatable bonds is 6. The van der Waals surface area contributed by atoms with E-state index in [1.54, 1.807) is 7.11 Å². The number of hydrogen-bond acceptors (Lipinski definition) is 4. The summed E-state index contributed by atoms with van der Waals surface area (Å²) in [6.45, 7) is 3.21. The summed E-state index contributed by atoms with van der Waals surface area (Å²) in [6.07, 6.45) is 0. The molecule has 1 aromatic heterocycles. The van der Waals surface area contributed by atoms with Crippen LogP contribution >= 0.6 is 15.9 Å². The second-order valence-corrected chi connectivity index (χ2v) is 4.92. The Bertz CT molecular complexity index is 576. The van der Waals surface area contributed by atoms with Crippen molar-refractivity contribution < 1.29 is 9.47 Å². The standard InChI is InChI=1S/C15H17BrN2O2/c1-3-20-13-8-7-11(9-14(13)19-2)17-10-12-5-4-6-15(16)18-12/h4-9,17H,3,10H2,1-2H3. The van der Waals surface area contributed by atoms with E-state index < -0.39 is 0 Å². The first-order valence-electron chi connectivity index (χ1n) is 6.39. The molecule has 0 radical (unpaired) electrons. The summed E-state index contributed by atoms with van der Waals surface area (Å²) in [5, 5.41) is 3.31. The van der Waals surface area contributed by atoms with Crippen LogP contribution in [0.1, 0.15) is 12.6 Å². The van der Waals surface area contributed by atoms with Gasteiger partial charge in [0.25, 0.3) is 0 Å². The van der Waals surface area contributed by atoms with Crippen molar-refractivity contribution in [3.63, 3.8) is 0 Å². The van der Waals surface area contributed by atoms with Crippen molar-refractivity contribution >= 4 is 21.6 Å². The van der Waals surface area contributed by atoms with E-state index in [4.69, 9.17) is 9.47 Å². The number of nitrogens with zero attached hydrogens (tertiary/aromatic N) is 1. The molecule has 1 N–H and O–H groups in total. The largest absolute Gasteiger partial charge is 0.493 e. The normalized spacial score (nSPS) is 10.2. The van der Waals surface area contributed by atoms with Crippen LogP contribution in [0, 0.1) is 0 Å². The number of nitrogens with one attached hydrogen (secondary N) is 1. The molecule has 0 saturated heterocycles. The zero-order valence-electron chi connectivity index (χ0n) is 11.5. The number of hydrogen-bond donors (Lipinski definition) is 1. The van der Waals surface area contributed by atoms with Gasteiger partial charge in [0, 0.05) is 11.8 Å². The maximum absolute atomic E-state index is 5.49. The highest BCUT2D eigenvalue weighted by molar-refractivity contribution is 9.10. The number of ether oxygens (including phenoxy) is 2. The number of methoxy groups -OCH3 is 1. The highest BCUT2D eigenvalue weighted by Gasteiger charge is 2.05. The van der Waals surface area contributed by atoms with Crippen molar-refractivity contribution in [3.05, 3.63) is 46.7 Å². The van der Waals surface area contributed by atoms with Gasteiger partial charge in [-0.3, -0.25) is 0 Å². The van der Waals surface area contributed by atoms with Gasteiger partial charge in [-0.1, -0.05) is 6.07 Å². The van der Waals surface area contributed by atoms with Gasteiger partial charge in [-0.2, -0.15) is 0 Å². The van der Waals surface area contributed by atoms with Crippen molar-refractivity contribution in [2.75, 3.05) is 19.0 Å². The lowest BCUT2D eigenvalue weighted by atomic mass is 10.2. The van der Waals surface area contributed by atoms with Crippen molar-refractivity contribution in [3.8, 4) is 11.5 Å². The first kappa shape index (κ1) is 14.7. The third-order valence-corrected chi connectivity index (χ3v) is 3.15. The molecule has 4 nitrogen and oxygen atoms in total. The van der Waals surface area contributed by atoms with E-state index in [-0.39, 0.29) is 0 Å². The second-order valence-electron chi connectivity index (χ2n) is 4.10. The minimum absolute atomic E-state index is 0.616. The van der Waals surface area contributed by atoms with E-state index >= 15 is 0 Å². The summed E-state index contributed by atoms with van der Waals surface area (Å²) in [7, 11) is 1.64. The van der Waals surface area contributed by atoms with E-state index in [0.717, 1.165) is 27.5 Å². The highest BCUT2D eigenvalue weighted by Crippen LogP contribution is 2.30. The Morgan fingerprint density at radius 1 is 1.20 bits per heavy atom. The molecule has 0 saturated carbocycles. The first-order valence-corrected chi connectivity index (χ1v) is 7.18. The molecule has 106 valence electrons. The molecule has 0 spiro atoms. The van der Waals surface area contributed by atoms with Gasteiger partial charge in [-0.05, 0) is 47.1 Å². The van der Waals surface area contributed by atoms with Gasteiger partial charge >= 0.3 is 0 Å². The molecule has 0 aliphatic carbocycles. The topological polar surface area (TPSA) is 43.4 Å². The van der Waals surface area contributed by atoms with Crippen molar-refractivity contribution in [2.24, 2.45) is 0 Å². The molecule has 0 aliphatic rings. The third kappa shape index (κ3) is 3.87. The van der Waals surface area contributed by atoms with Crippen molar-refractivity contribution in [1.82, 2.24) is 4.98 Å². The number of benzene rings is 1. The lowest BCUT2D eigenvalue weighted by molar-refractivity contribution is 0.311. The average Bonchev–Trinajstić information content (AvgIpc) is 2.46. The van der Waals surface area contributed by atoms with E-state index in [0.29, 0.717) is 13.2 Å². The molecule has 0 amide bonds. The van der Waals surface area contributed by atoms with Crippen LogP contribution < -0.4 is 14.8 Å². The summed E-state index contributed by atoms with van der Waals surface area (Å²) >= 11 is 3.36. The Morgan fingerprint density at radius 2 is 2.05 bits per heavy atom. The van der Waals surface area contributed by atoms with Crippen LogP contribution in [0.25, 0.3) is 0 Å². The quantitative estimate of drug-likeness (QED) is 0.813. The predicted octanol–water partition coefficient (Wildman–Crippen LogP) is 3.86. The number of halogens is 1. The summed E-state index contributed by atoms with van der Waals surface area (Å²) in [5.41, 5.74) is 1.93. The van der Waals surface area contributed by atoms with Gasteiger partial charge in [-0.15, -0.1) is 0 Å². The Labute approximate surface area is 127 Å². The molecule has 2 aromatic rings. The minimum atomic E-state index is 0.616. The lowest BCUT2D eigenvalue weighted by Gasteiger charge is -2.12. The Balaban J connectivity index is 2.06. The van der Waals surface area contributed by atoms with Crippen LogP contribution in [0.15, 0.2) is 41.0 Å². The molecule has 20 heavy (non-hydrogen) atoms. The van der Waals surface area contributed by atoms with Gasteiger partial charge in [0.15, 0.2) is 11.5 Å². The van der Waals surface area contributed by atoms with Crippen LogP contribution in [0.5, 0.6) is 11.5 Å². The van der Waals surface area contributed by atoms with Crippen molar-refractivity contribution in [1.29, 1.82) is 0 Å². The first-order chi connectivity index (χ1) is 9.72. The van der Waals surface area contributed by atoms with E-state index in [2.05, 4.69) is 26.2 Å². The zero-order valence-corrected chi connectivity index (χ0v) is 13.1. The molecule has 0 aliphatic heterocycles. The number of pyridine rings is 1. The van der Waals surface area contributed by atoms with Gasteiger partial charge in [0.2, 0.25) is 0 Å². The molecule has 0 atom stereocenters. The summed E-state index contributed by atoms with van der Waals surface area (Å²) in [5.74, 6) is 1.47. The van der Waals surface area contributed by atoms with E-state index in [1.807, 2.05) is 43.3 Å². The van der Waals surface area contributed by atoms with E-state index in [1.165, 1.54) is 0 Å². The maximum Gasteiger partial charge on any atom is 0.162 e. The van der Waals surface area contributed by atoms with Crippen LogP contribution in [0.2, 0.25) is 0 Å². The molecular formula is C15H17BrN2O2. The lowest BCUT2D eigenvalue weighted by Crippen LogP contribution is -2.02. The third-order valence-electron chi connectivity index (χ3n) is 2.71. The number of anilines is 1. The average molecular weight is 337 g/mol.